The summed E-state index contributed by atoms with van der Waals surface area (Å²) in [6.45, 7) is 5.17. The molecular weight excluding hydrogens is 236 g/mol. The number of aliphatic carboxylic acids is 1. The first-order valence-corrected chi connectivity index (χ1v) is 3.58. The van der Waals surface area contributed by atoms with Crippen LogP contribution in [0.5, 0.6) is 0 Å². The van der Waals surface area contributed by atoms with Crippen molar-refractivity contribution in [1.29, 1.82) is 0 Å². The van der Waals surface area contributed by atoms with Crippen molar-refractivity contribution in [1.82, 2.24) is 4.57 Å². The van der Waals surface area contributed by atoms with E-state index < -0.39 is 12.0 Å². The molecule has 0 aliphatic rings. The fourth-order valence-electron chi connectivity index (χ4n) is 0.850. The number of halogens is 1. The molecule has 0 aromatic carbocycles. The molecule has 1 unspecified atom stereocenters. The van der Waals surface area contributed by atoms with Crippen LogP contribution in [0.25, 0.3) is 6.20 Å². The van der Waals surface area contributed by atoms with E-state index >= 15 is 0 Å². The molecule has 1 heterocycles. The second kappa shape index (κ2) is 4.81. The smallest absolute Gasteiger partial charge is 0.349 e. The molecule has 0 aliphatic heterocycles. The van der Waals surface area contributed by atoms with Crippen molar-refractivity contribution in [3.05, 3.63) is 25.3 Å². The van der Waals surface area contributed by atoms with E-state index in [1.54, 1.807) is 41.0 Å². The maximum Gasteiger partial charge on any atom is 0.349 e. The van der Waals surface area contributed by atoms with Gasteiger partial charge in [0, 0.05) is 0 Å². The van der Waals surface area contributed by atoms with Gasteiger partial charge in [-0.1, -0.05) is 6.58 Å². The summed E-state index contributed by atoms with van der Waals surface area (Å²) in [6, 6.07) is -0.536. The van der Waals surface area contributed by atoms with Gasteiger partial charge in [0.2, 0.25) is 6.33 Å². The number of aromatic nitrogens is 2. The van der Waals surface area contributed by atoms with Gasteiger partial charge in [-0.25, -0.2) is 13.9 Å². The Morgan fingerprint density at radius 1 is 1.77 bits per heavy atom. The number of carbonyl (C=O) groups is 1. The van der Waals surface area contributed by atoms with Gasteiger partial charge in [0.25, 0.3) is 0 Å². The fourth-order valence-corrected chi connectivity index (χ4v) is 0.850. The molecular formula is C8H11BrN2O2. The summed E-state index contributed by atoms with van der Waals surface area (Å²) in [4.78, 5) is 10.5. The molecule has 0 bridgehead atoms. The zero-order valence-corrected chi connectivity index (χ0v) is 8.81. The van der Waals surface area contributed by atoms with Gasteiger partial charge in [0.1, 0.15) is 12.4 Å². The van der Waals surface area contributed by atoms with Crippen LogP contribution in [0, 0.1) is 0 Å². The summed E-state index contributed by atoms with van der Waals surface area (Å²) in [5.41, 5.74) is 0. The van der Waals surface area contributed by atoms with E-state index in [1.165, 1.54) is 0 Å². The molecule has 1 N–H and O–H groups in total. The molecule has 0 aliphatic carbocycles. The summed E-state index contributed by atoms with van der Waals surface area (Å²) in [5, 5.41) is 8.66. The van der Waals surface area contributed by atoms with Crippen LogP contribution in [0.1, 0.15) is 13.0 Å². The Labute approximate surface area is 86.9 Å². The molecule has 1 aromatic rings. The van der Waals surface area contributed by atoms with Crippen LogP contribution in [-0.2, 0) is 4.79 Å². The average Bonchev–Trinajstić information content (AvgIpc) is 2.50. The van der Waals surface area contributed by atoms with Gasteiger partial charge in [-0.3, -0.25) is 0 Å². The highest BCUT2D eigenvalue weighted by Crippen LogP contribution is 1.94. The Morgan fingerprint density at radius 3 is 2.77 bits per heavy atom. The molecule has 0 saturated heterocycles. The van der Waals surface area contributed by atoms with E-state index in [0.29, 0.717) is 0 Å². The van der Waals surface area contributed by atoms with Crippen LogP contribution in [0.4, 0.5) is 0 Å². The van der Waals surface area contributed by atoms with E-state index in [9.17, 15) is 4.79 Å². The first kappa shape index (κ1) is 11.9. The summed E-state index contributed by atoms with van der Waals surface area (Å²) < 4.78 is 3.30. The van der Waals surface area contributed by atoms with Gasteiger partial charge in [0.15, 0.2) is 6.04 Å². The van der Waals surface area contributed by atoms with Gasteiger partial charge in [-0.05, 0) is 6.92 Å². The number of carboxylic acid groups (broad SMARTS) is 1. The Balaban J connectivity index is 0.00000144. The highest BCUT2D eigenvalue weighted by Gasteiger charge is 2.17. The molecule has 0 saturated carbocycles. The van der Waals surface area contributed by atoms with Crippen LogP contribution in [0.15, 0.2) is 25.3 Å². The molecule has 1 rings (SSSR count). The van der Waals surface area contributed by atoms with Crippen molar-refractivity contribution < 1.29 is 31.4 Å². The fraction of sp³-hybridized carbons (Fsp3) is 0.250. The van der Waals surface area contributed by atoms with Crippen molar-refractivity contribution in [2.24, 2.45) is 0 Å². The van der Waals surface area contributed by atoms with Gasteiger partial charge < -0.3 is 22.1 Å². The SMILES string of the molecule is C=Cn1cc[n+](C(C)C(=O)O)c1.[Br-]. The predicted molar refractivity (Wildman–Crippen MR) is 43.4 cm³/mol. The average molecular weight is 247 g/mol. The number of imidazole rings is 1. The largest absolute Gasteiger partial charge is 1.00 e. The Kier molecular flexibility index (Phi) is 4.40. The lowest BCUT2D eigenvalue weighted by Gasteiger charge is -1.98. The molecule has 0 amide bonds. The van der Waals surface area contributed by atoms with Gasteiger partial charge in [0.05, 0.1) is 6.20 Å². The van der Waals surface area contributed by atoms with Crippen molar-refractivity contribution in [2.75, 3.05) is 0 Å². The highest BCUT2D eigenvalue weighted by molar-refractivity contribution is 5.69. The minimum Gasteiger partial charge on any atom is -1.00 e. The lowest BCUT2D eigenvalue weighted by Crippen LogP contribution is -3.00. The molecule has 1 aromatic heterocycles. The quantitative estimate of drug-likeness (QED) is 0.601. The lowest BCUT2D eigenvalue weighted by atomic mass is 10.3. The Hall–Kier alpha value is -1.10. The van der Waals surface area contributed by atoms with E-state index in [-0.39, 0.29) is 17.0 Å². The summed E-state index contributed by atoms with van der Waals surface area (Å²) in [7, 11) is 0. The maximum absolute atomic E-state index is 10.5. The third kappa shape index (κ3) is 2.69. The Bertz CT molecular complexity index is 309. The van der Waals surface area contributed by atoms with E-state index in [4.69, 9.17) is 5.11 Å². The number of hydrogen-bond acceptors (Lipinski definition) is 1. The molecule has 0 spiro atoms. The van der Waals surface area contributed by atoms with E-state index in [0.717, 1.165) is 0 Å². The summed E-state index contributed by atoms with van der Waals surface area (Å²) in [6.07, 6.45) is 6.71. The zero-order valence-electron chi connectivity index (χ0n) is 7.22. The first-order chi connectivity index (χ1) is 5.65. The number of hydrogen-bond donors (Lipinski definition) is 1. The third-order valence-corrected chi connectivity index (χ3v) is 1.69. The van der Waals surface area contributed by atoms with Gasteiger partial charge in [-0.2, -0.15) is 0 Å². The standard InChI is InChI=1S/C8H10N2O2.BrH/c1-3-9-4-5-10(6-9)7(2)8(11)12;/h3-7H,1H2,2H3;1H. The molecule has 5 heteroatoms. The highest BCUT2D eigenvalue weighted by atomic mass is 79.9. The molecule has 0 fully saturated rings. The third-order valence-electron chi connectivity index (χ3n) is 1.69. The molecule has 13 heavy (non-hydrogen) atoms. The monoisotopic (exact) mass is 246 g/mol. The first-order valence-electron chi connectivity index (χ1n) is 3.58. The molecule has 4 nitrogen and oxygen atoms in total. The van der Waals surface area contributed by atoms with Crippen molar-refractivity contribution in [3.8, 4) is 0 Å². The minimum atomic E-state index is -0.846. The van der Waals surface area contributed by atoms with E-state index in [2.05, 4.69) is 6.58 Å². The topological polar surface area (TPSA) is 46.1 Å². The second-order valence-electron chi connectivity index (χ2n) is 2.50. The van der Waals surface area contributed by atoms with E-state index in [1.807, 2.05) is 0 Å². The normalized spacial score (nSPS) is 11.5. The van der Waals surface area contributed by atoms with Crippen molar-refractivity contribution in [2.45, 2.75) is 13.0 Å². The Morgan fingerprint density at radius 2 is 2.38 bits per heavy atom. The van der Waals surface area contributed by atoms with Crippen molar-refractivity contribution in [3.63, 3.8) is 0 Å². The van der Waals surface area contributed by atoms with Crippen LogP contribution < -0.4 is 21.5 Å². The molecule has 1 atom stereocenters. The zero-order chi connectivity index (χ0) is 9.14. The van der Waals surface area contributed by atoms with Crippen LogP contribution in [-0.4, -0.2) is 15.6 Å². The molecule has 0 radical (unpaired) electrons. The van der Waals surface area contributed by atoms with Crippen molar-refractivity contribution >= 4 is 12.2 Å². The van der Waals surface area contributed by atoms with Crippen LogP contribution >= 0.6 is 0 Å². The van der Waals surface area contributed by atoms with Gasteiger partial charge >= 0.3 is 5.97 Å². The van der Waals surface area contributed by atoms with Gasteiger partial charge in [-0.15, -0.1) is 0 Å². The molecule has 72 valence electrons. The summed E-state index contributed by atoms with van der Waals surface area (Å²) in [5.74, 6) is -0.846. The number of nitrogens with zero attached hydrogens (tertiary/aromatic N) is 2. The van der Waals surface area contributed by atoms with Crippen LogP contribution in [0.2, 0.25) is 0 Å². The minimum absolute atomic E-state index is 0. The summed E-state index contributed by atoms with van der Waals surface area (Å²) >= 11 is 0. The second-order valence-corrected chi connectivity index (χ2v) is 2.50. The maximum atomic E-state index is 10.5. The number of carboxylic acids is 1. The lowest BCUT2D eigenvalue weighted by molar-refractivity contribution is -0.706. The number of rotatable bonds is 3. The predicted octanol–water partition coefficient (Wildman–Crippen LogP) is -2.47. The van der Waals surface area contributed by atoms with Crippen LogP contribution in [0.3, 0.4) is 0 Å².